The second-order valence-electron chi connectivity index (χ2n) is 4.67. The number of aromatic nitrogens is 3. The summed E-state index contributed by atoms with van der Waals surface area (Å²) < 4.78 is 7.21. The van der Waals surface area contributed by atoms with Gasteiger partial charge in [0.05, 0.1) is 17.5 Å². The lowest BCUT2D eigenvalue weighted by Gasteiger charge is -2.10. The normalized spacial score (nSPS) is 10.8. The highest BCUT2D eigenvalue weighted by Crippen LogP contribution is 2.18. The monoisotopic (exact) mass is 274 g/mol. The second kappa shape index (κ2) is 5.73. The summed E-state index contributed by atoms with van der Waals surface area (Å²) >= 11 is 0. The Bertz CT molecular complexity index is 602. The van der Waals surface area contributed by atoms with Crippen molar-refractivity contribution in [3.8, 4) is 11.4 Å². The van der Waals surface area contributed by atoms with Gasteiger partial charge in [0.15, 0.2) is 5.69 Å². The Morgan fingerprint density at radius 1 is 1.35 bits per heavy atom. The summed E-state index contributed by atoms with van der Waals surface area (Å²) in [5, 5.41) is 7.83. The van der Waals surface area contributed by atoms with Crippen LogP contribution in [0.3, 0.4) is 0 Å². The zero-order valence-electron chi connectivity index (χ0n) is 11.8. The van der Waals surface area contributed by atoms with Gasteiger partial charge in [-0.15, -0.1) is 5.10 Å². The number of rotatable bonds is 5. The number of primary amides is 1. The molecule has 0 saturated heterocycles. The largest absolute Gasteiger partial charge is 0.491 e. The Balaban J connectivity index is 2.34. The number of hydrogen-bond donors (Lipinski definition) is 1. The third kappa shape index (κ3) is 2.79. The van der Waals surface area contributed by atoms with Gasteiger partial charge in [0.1, 0.15) is 5.75 Å². The molecule has 0 saturated carbocycles. The molecule has 1 amide bonds. The minimum atomic E-state index is -0.562. The van der Waals surface area contributed by atoms with Crippen molar-refractivity contribution in [1.29, 1.82) is 0 Å². The molecule has 0 bridgehead atoms. The number of carbonyl (C=O) groups excluding carboxylic acids is 1. The van der Waals surface area contributed by atoms with Crippen LogP contribution in [0.1, 0.15) is 37.0 Å². The van der Waals surface area contributed by atoms with Crippen molar-refractivity contribution >= 4 is 5.91 Å². The standard InChI is InChI=1S/C14H18N4O2/c1-4-12-13(14(15)19)16-17-18(12)10-5-7-11(8-6-10)20-9(2)3/h5-9H,4H2,1-3H3,(H2,15,19). The predicted octanol–water partition coefficient (Wildman–Crippen LogP) is 1.72. The topological polar surface area (TPSA) is 83.0 Å². The van der Waals surface area contributed by atoms with Crippen LogP contribution in [0.15, 0.2) is 24.3 Å². The molecule has 1 heterocycles. The first kappa shape index (κ1) is 14.0. The number of nitrogens with zero attached hydrogens (tertiary/aromatic N) is 3. The highest BCUT2D eigenvalue weighted by Gasteiger charge is 2.16. The van der Waals surface area contributed by atoms with Crippen molar-refractivity contribution in [2.45, 2.75) is 33.3 Å². The number of benzene rings is 1. The highest BCUT2D eigenvalue weighted by molar-refractivity contribution is 5.91. The van der Waals surface area contributed by atoms with E-state index in [-0.39, 0.29) is 11.8 Å². The van der Waals surface area contributed by atoms with E-state index >= 15 is 0 Å². The van der Waals surface area contributed by atoms with Crippen molar-refractivity contribution in [3.05, 3.63) is 35.7 Å². The number of nitrogens with two attached hydrogens (primary N) is 1. The minimum absolute atomic E-state index is 0.125. The first-order valence-corrected chi connectivity index (χ1v) is 6.54. The molecule has 0 radical (unpaired) electrons. The summed E-state index contributed by atoms with van der Waals surface area (Å²) in [6.45, 7) is 5.87. The molecule has 6 nitrogen and oxygen atoms in total. The fourth-order valence-corrected chi connectivity index (χ4v) is 1.96. The quantitative estimate of drug-likeness (QED) is 0.899. The van der Waals surface area contributed by atoms with Gasteiger partial charge >= 0.3 is 0 Å². The summed E-state index contributed by atoms with van der Waals surface area (Å²) in [5.41, 5.74) is 7.02. The van der Waals surface area contributed by atoms with Crippen LogP contribution in [-0.4, -0.2) is 27.0 Å². The molecule has 0 aliphatic heterocycles. The molecular weight excluding hydrogens is 256 g/mol. The average Bonchev–Trinajstić information content (AvgIpc) is 2.82. The van der Waals surface area contributed by atoms with Gasteiger partial charge in [0.2, 0.25) is 0 Å². The number of carbonyl (C=O) groups is 1. The Labute approximate surface area is 117 Å². The van der Waals surface area contributed by atoms with Gasteiger partial charge in [0.25, 0.3) is 5.91 Å². The van der Waals surface area contributed by atoms with Gasteiger partial charge < -0.3 is 10.5 Å². The van der Waals surface area contributed by atoms with Gasteiger partial charge in [-0.05, 0) is 44.5 Å². The molecule has 1 aromatic heterocycles. The molecule has 0 unspecified atom stereocenters. The minimum Gasteiger partial charge on any atom is -0.491 e. The second-order valence-corrected chi connectivity index (χ2v) is 4.67. The summed E-state index contributed by atoms with van der Waals surface area (Å²) in [6.07, 6.45) is 0.745. The molecule has 2 aromatic rings. The summed E-state index contributed by atoms with van der Waals surface area (Å²) in [6, 6.07) is 7.47. The third-order valence-corrected chi connectivity index (χ3v) is 2.78. The van der Waals surface area contributed by atoms with E-state index in [1.165, 1.54) is 0 Å². The fraction of sp³-hybridized carbons (Fsp3) is 0.357. The molecule has 2 rings (SSSR count). The maximum Gasteiger partial charge on any atom is 0.271 e. The van der Waals surface area contributed by atoms with Crippen molar-refractivity contribution in [2.75, 3.05) is 0 Å². The Kier molecular flexibility index (Phi) is 4.02. The lowest BCUT2D eigenvalue weighted by molar-refractivity contribution is 0.0994. The molecule has 6 heteroatoms. The maximum atomic E-state index is 11.3. The first-order valence-electron chi connectivity index (χ1n) is 6.54. The van der Waals surface area contributed by atoms with Gasteiger partial charge in [-0.3, -0.25) is 4.79 Å². The molecule has 0 fully saturated rings. The Morgan fingerprint density at radius 3 is 2.50 bits per heavy atom. The molecule has 0 atom stereocenters. The lowest BCUT2D eigenvalue weighted by atomic mass is 10.2. The van der Waals surface area contributed by atoms with Crippen molar-refractivity contribution in [2.24, 2.45) is 5.73 Å². The van der Waals surface area contributed by atoms with Crippen LogP contribution in [-0.2, 0) is 6.42 Å². The van der Waals surface area contributed by atoms with Crippen LogP contribution < -0.4 is 10.5 Å². The van der Waals surface area contributed by atoms with E-state index < -0.39 is 5.91 Å². The van der Waals surface area contributed by atoms with E-state index in [0.29, 0.717) is 12.1 Å². The number of amides is 1. The van der Waals surface area contributed by atoms with E-state index in [1.54, 1.807) is 4.68 Å². The predicted molar refractivity (Wildman–Crippen MR) is 75.0 cm³/mol. The molecule has 2 N–H and O–H groups in total. The molecular formula is C14H18N4O2. The van der Waals surface area contributed by atoms with Gasteiger partial charge in [-0.1, -0.05) is 12.1 Å². The smallest absolute Gasteiger partial charge is 0.271 e. The Hall–Kier alpha value is -2.37. The van der Waals surface area contributed by atoms with Crippen LogP contribution in [0.5, 0.6) is 5.75 Å². The molecule has 106 valence electrons. The van der Waals surface area contributed by atoms with Crippen molar-refractivity contribution < 1.29 is 9.53 Å². The summed E-state index contributed by atoms with van der Waals surface area (Å²) in [5.74, 6) is 0.227. The fourth-order valence-electron chi connectivity index (χ4n) is 1.96. The Morgan fingerprint density at radius 2 is 2.00 bits per heavy atom. The van der Waals surface area contributed by atoms with Crippen LogP contribution >= 0.6 is 0 Å². The zero-order valence-corrected chi connectivity index (χ0v) is 11.8. The third-order valence-electron chi connectivity index (χ3n) is 2.78. The van der Waals surface area contributed by atoms with Crippen molar-refractivity contribution in [3.63, 3.8) is 0 Å². The van der Waals surface area contributed by atoms with E-state index in [4.69, 9.17) is 10.5 Å². The molecule has 0 aliphatic carbocycles. The van der Waals surface area contributed by atoms with E-state index in [9.17, 15) is 4.79 Å². The number of hydrogen-bond acceptors (Lipinski definition) is 4. The molecule has 20 heavy (non-hydrogen) atoms. The van der Waals surface area contributed by atoms with Gasteiger partial charge in [-0.2, -0.15) is 0 Å². The molecule has 1 aromatic carbocycles. The molecule has 0 aliphatic rings. The SMILES string of the molecule is CCc1c(C(N)=O)nnn1-c1ccc(OC(C)C)cc1. The van der Waals surface area contributed by atoms with Crippen LogP contribution in [0.2, 0.25) is 0 Å². The van der Waals surface area contributed by atoms with Crippen LogP contribution in [0.4, 0.5) is 0 Å². The first-order chi connectivity index (χ1) is 9.52. The van der Waals surface area contributed by atoms with E-state index in [1.807, 2.05) is 45.0 Å². The zero-order chi connectivity index (χ0) is 14.7. The van der Waals surface area contributed by atoms with Crippen molar-refractivity contribution in [1.82, 2.24) is 15.0 Å². The average molecular weight is 274 g/mol. The van der Waals surface area contributed by atoms with Crippen LogP contribution in [0.25, 0.3) is 5.69 Å². The van der Waals surface area contributed by atoms with Crippen LogP contribution in [0, 0.1) is 0 Å². The summed E-state index contributed by atoms with van der Waals surface area (Å²) in [7, 11) is 0. The van der Waals surface area contributed by atoms with Gasteiger partial charge in [-0.25, -0.2) is 4.68 Å². The summed E-state index contributed by atoms with van der Waals surface area (Å²) in [4.78, 5) is 11.3. The maximum absolute atomic E-state index is 11.3. The lowest BCUT2D eigenvalue weighted by Crippen LogP contribution is -2.14. The van der Waals surface area contributed by atoms with E-state index in [2.05, 4.69) is 10.3 Å². The molecule has 0 spiro atoms. The highest BCUT2D eigenvalue weighted by atomic mass is 16.5. The van der Waals surface area contributed by atoms with Gasteiger partial charge in [0, 0.05) is 0 Å². The number of ether oxygens (including phenoxy) is 1. The van der Waals surface area contributed by atoms with E-state index in [0.717, 1.165) is 11.4 Å².